The molecule has 0 atom stereocenters. The molecule has 0 spiro atoms. The van der Waals surface area contributed by atoms with Crippen LogP contribution in [0.1, 0.15) is 17.0 Å². The maximum absolute atomic E-state index is 6.12. The van der Waals surface area contributed by atoms with Gasteiger partial charge in [0.2, 0.25) is 0 Å². The highest BCUT2D eigenvalue weighted by Crippen LogP contribution is 2.32. The van der Waals surface area contributed by atoms with Crippen LogP contribution in [0.15, 0.2) is 71.4 Å². The highest BCUT2D eigenvalue weighted by molar-refractivity contribution is 6.42. The minimum Gasteiger partial charge on any atom is -0.332 e. The minimum atomic E-state index is 0.416. The third-order valence-electron chi connectivity index (χ3n) is 4.87. The van der Waals surface area contributed by atoms with Crippen molar-refractivity contribution >= 4 is 28.8 Å². The standard InChI is InChI=1S/C23H16Cl2N4O/c1-14-5-8-16(9-6-14)21-22(29-11-3-2-4-20(29)27-21)23-26-19(28-30-23)13-15-7-10-17(24)18(25)12-15/h2-12H,13H2,1H3. The van der Waals surface area contributed by atoms with Gasteiger partial charge in [-0.3, -0.25) is 4.40 Å². The summed E-state index contributed by atoms with van der Waals surface area (Å²) in [5.41, 5.74) is 5.50. The normalized spacial score (nSPS) is 11.3. The van der Waals surface area contributed by atoms with Crippen LogP contribution in [0.3, 0.4) is 0 Å². The van der Waals surface area contributed by atoms with Gasteiger partial charge in [0.15, 0.2) is 5.82 Å². The minimum absolute atomic E-state index is 0.416. The van der Waals surface area contributed by atoms with Crippen molar-refractivity contribution in [2.75, 3.05) is 0 Å². The molecule has 2 aromatic carbocycles. The van der Waals surface area contributed by atoms with Crippen LogP contribution in [0.5, 0.6) is 0 Å². The number of aromatic nitrogens is 4. The number of nitrogens with zero attached hydrogens (tertiary/aromatic N) is 4. The molecule has 0 aliphatic heterocycles. The molecule has 0 N–H and O–H groups in total. The zero-order valence-corrected chi connectivity index (χ0v) is 17.5. The number of aryl methyl sites for hydroxylation is 1. The molecule has 3 heterocycles. The van der Waals surface area contributed by atoms with Gasteiger partial charge < -0.3 is 4.52 Å². The zero-order valence-electron chi connectivity index (χ0n) is 16.0. The van der Waals surface area contributed by atoms with E-state index in [1.165, 1.54) is 5.56 Å². The average Bonchev–Trinajstić information content (AvgIpc) is 3.35. The molecule has 0 unspecified atom stereocenters. The van der Waals surface area contributed by atoms with E-state index in [1.807, 2.05) is 53.1 Å². The second kappa shape index (κ2) is 7.59. The van der Waals surface area contributed by atoms with Crippen LogP contribution in [0, 0.1) is 6.92 Å². The number of pyridine rings is 1. The smallest absolute Gasteiger partial charge is 0.277 e. The molecule has 0 amide bonds. The molecule has 5 rings (SSSR count). The van der Waals surface area contributed by atoms with Gasteiger partial charge in [-0.15, -0.1) is 0 Å². The van der Waals surface area contributed by atoms with E-state index in [-0.39, 0.29) is 0 Å². The van der Waals surface area contributed by atoms with Crippen molar-refractivity contribution in [1.82, 2.24) is 19.5 Å². The third-order valence-corrected chi connectivity index (χ3v) is 5.61. The molecular formula is C23H16Cl2N4O. The average molecular weight is 435 g/mol. The van der Waals surface area contributed by atoms with Gasteiger partial charge in [0, 0.05) is 18.2 Å². The van der Waals surface area contributed by atoms with Crippen LogP contribution < -0.4 is 0 Å². The summed E-state index contributed by atoms with van der Waals surface area (Å²) in [5, 5.41) is 5.19. The first-order valence-electron chi connectivity index (χ1n) is 9.39. The fourth-order valence-electron chi connectivity index (χ4n) is 3.37. The molecule has 0 saturated heterocycles. The highest BCUT2D eigenvalue weighted by Gasteiger charge is 2.21. The summed E-state index contributed by atoms with van der Waals surface area (Å²) in [7, 11) is 0. The Bertz CT molecular complexity index is 1360. The summed E-state index contributed by atoms with van der Waals surface area (Å²) >= 11 is 12.1. The molecule has 0 aliphatic rings. The van der Waals surface area contributed by atoms with E-state index in [0.717, 1.165) is 28.2 Å². The third kappa shape index (κ3) is 3.47. The molecule has 0 bridgehead atoms. The van der Waals surface area contributed by atoms with Crippen LogP contribution in [-0.4, -0.2) is 19.5 Å². The van der Waals surface area contributed by atoms with Gasteiger partial charge in [-0.2, -0.15) is 4.98 Å². The highest BCUT2D eigenvalue weighted by atomic mass is 35.5. The number of fused-ring (bicyclic) bond motifs is 1. The predicted octanol–water partition coefficient (Wildman–Crippen LogP) is 6.26. The Hall–Kier alpha value is -3.15. The topological polar surface area (TPSA) is 56.2 Å². The number of imidazole rings is 1. The van der Waals surface area contributed by atoms with Gasteiger partial charge in [0.1, 0.15) is 17.0 Å². The van der Waals surface area contributed by atoms with Crippen molar-refractivity contribution in [1.29, 1.82) is 0 Å². The van der Waals surface area contributed by atoms with Crippen LogP contribution in [0.4, 0.5) is 0 Å². The number of hydrogen-bond donors (Lipinski definition) is 0. The molecule has 3 aromatic heterocycles. The summed E-state index contributed by atoms with van der Waals surface area (Å²) in [6, 6.07) is 19.6. The number of halogens is 2. The Morgan fingerprint density at radius 1 is 0.933 bits per heavy atom. The van der Waals surface area contributed by atoms with E-state index in [9.17, 15) is 0 Å². The largest absolute Gasteiger partial charge is 0.332 e. The predicted molar refractivity (Wildman–Crippen MR) is 118 cm³/mol. The number of hydrogen-bond acceptors (Lipinski definition) is 4. The Kier molecular flexibility index (Phi) is 4.77. The van der Waals surface area contributed by atoms with Gasteiger partial charge in [-0.1, -0.05) is 70.3 Å². The molecule has 0 fully saturated rings. The zero-order chi connectivity index (χ0) is 20.7. The fraction of sp³-hybridized carbons (Fsp3) is 0.0870. The fourth-order valence-corrected chi connectivity index (χ4v) is 3.69. The van der Waals surface area contributed by atoms with Crippen molar-refractivity contribution in [3.8, 4) is 22.8 Å². The molecule has 5 aromatic rings. The van der Waals surface area contributed by atoms with Crippen LogP contribution >= 0.6 is 23.2 Å². The molecule has 148 valence electrons. The Balaban J connectivity index is 1.58. The van der Waals surface area contributed by atoms with E-state index in [2.05, 4.69) is 29.2 Å². The molecule has 0 aliphatic carbocycles. The lowest BCUT2D eigenvalue weighted by Crippen LogP contribution is -1.93. The first-order chi connectivity index (χ1) is 14.6. The molecule has 0 saturated carbocycles. The maximum atomic E-state index is 6.12. The lowest BCUT2D eigenvalue weighted by atomic mass is 10.1. The maximum Gasteiger partial charge on any atom is 0.277 e. The number of rotatable bonds is 4. The van der Waals surface area contributed by atoms with Crippen molar-refractivity contribution < 1.29 is 4.52 Å². The number of benzene rings is 2. The lowest BCUT2D eigenvalue weighted by molar-refractivity contribution is 0.422. The van der Waals surface area contributed by atoms with E-state index in [1.54, 1.807) is 6.07 Å². The summed E-state index contributed by atoms with van der Waals surface area (Å²) in [5.74, 6) is 0.975. The van der Waals surface area contributed by atoms with Gasteiger partial charge >= 0.3 is 0 Å². The van der Waals surface area contributed by atoms with Crippen molar-refractivity contribution in [3.63, 3.8) is 0 Å². The van der Waals surface area contributed by atoms with Crippen molar-refractivity contribution in [2.45, 2.75) is 13.3 Å². The first kappa shape index (κ1) is 18.9. The van der Waals surface area contributed by atoms with Gasteiger partial charge in [0.25, 0.3) is 5.89 Å². The molecule has 30 heavy (non-hydrogen) atoms. The van der Waals surface area contributed by atoms with E-state index in [4.69, 9.17) is 32.7 Å². The summed E-state index contributed by atoms with van der Waals surface area (Å²) in [6.45, 7) is 2.06. The summed E-state index contributed by atoms with van der Waals surface area (Å²) < 4.78 is 7.61. The van der Waals surface area contributed by atoms with Crippen molar-refractivity contribution in [3.05, 3.63) is 93.9 Å². The van der Waals surface area contributed by atoms with Crippen LogP contribution in [0.2, 0.25) is 10.0 Å². The summed E-state index contributed by atoms with van der Waals surface area (Å²) in [4.78, 5) is 9.45. The lowest BCUT2D eigenvalue weighted by Gasteiger charge is -2.02. The second-order valence-electron chi connectivity index (χ2n) is 7.04. The quantitative estimate of drug-likeness (QED) is 0.335. The molecule has 0 radical (unpaired) electrons. The van der Waals surface area contributed by atoms with Gasteiger partial charge in [-0.25, -0.2) is 4.98 Å². The monoisotopic (exact) mass is 434 g/mol. The van der Waals surface area contributed by atoms with Crippen LogP contribution in [-0.2, 0) is 6.42 Å². The molecule has 5 nitrogen and oxygen atoms in total. The molecule has 7 heteroatoms. The van der Waals surface area contributed by atoms with Crippen molar-refractivity contribution in [2.24, 2.45) is 0 Å². The molecular weight excluding hydrogens is 419 g/mol. The first-order valence-corrected chi connectivity index (χ1v) is 10.1. The van der Waals surface area contributed by atoms with Gasteiger partial charge in [0.05, 0.1) is 10.0 Å². The van der Waals surface area contributed by atoms with E-state index >= 15 is 0 Å². The van der Waals surface area contributed by atoms with E-state index < -0.39 is 0 Å². The van der Waals surface area contributed by atoms with Gasteiger partial charge in [-0.05, 0) is 36.8 Å². The SMILES string of the molecule is Cc1ccc(-c2nc3ccccn3c2-c2nc(Cc3ccc(Cl)c(Cl)c3)no2)cc1. The second-order valence-corrected chi connectivity index (χ2v) is 7.86. The Morgan fingerprint density at radius 3 is 2.57 bits per heavy atom. The Labute approximate surface area is 182 Å². The van der Waals surface area contributed by atoms with E-state index in [0.29, 0.717) is 28.2 Å². The Morgan fingerprint density at radius 2 is 1.77 bits per heavy atom. The van der Waals surface area contributed by atoms with Crippen LogP contribution in [0.25, 0.3) is 28.5 Å². The summed E-state index contributed by atoms with van der Waals surface area (Å²) in [6.07, 6.45) is 2.43.